The van der Waals surface area contributed by atoms with Crippen molar-refractivity contribution in [2.24, 2.45) is 0 Å². The van der Waals surface area contributed by atoms with Crippen molar-refractivity contribution in [1.82, 2.24) is 9.97 Å². The van der Waals surface area contributed by atoms with E-state index in [9.17, 15) is 0 Å². The van der Waals surface area contributed by atoms with Crippen molar-refractivity contribution in [2.75, 3.05) is 20.0 Å². The molecule has 0 spiro atoms. The third-order valence-electron chi connectivity index (χ3n) is 2.68. The number of imidazole rings is 1. The van der Waals surface area contributed by atoms with Gasteiger partial charge in [0.25, 0.3) is 0 Å². The fraction of sp³-hybridized carbons (Fsp3) is 0.308. The van der Waals surface area contributed by atoms with Crippen LogP contribution in [-0.4, -0.2) is 29.9 Å². The van der Waals surface area contributed by atoms with E-state index in [2.05, 4.69) is 22.6 Å². The SMILES string of the molecule is COc1ccc(-c2cnc(CCS)[nH]2)c(OC)c1. The molecule has 2 rings (SSSR count). The molecule has 0 atom stereocenters. The standard InChI is InChI=1S/C13H16N2O2S/c1-16-9-3-4-10(12(7-9)17-2)11-8-14-13(15-11)5-6-18/h3-4,7-8,18H,5-6H2,1-2H3,(H,14,15). The van der Waals surface area contributed by atoms with Crippen molar-refractivity contribution in [3.63, 3.8) is 0 Å². The Hall–Kier alpha value is -1.62. The summed E-state index contributed by atoms with van der Waals surface area (Å²) in [7, 11) is 3.28. The first-order valence-corrected chi connectivity index (χ1v) is 6.29. The number of hydrogen-bond acceptors (Lipinski definition) is 4. The Labute approximate surface area is 112 Å². The number of benzene rings is 1. The maximum Gasteiger partial charge on any atom is 0.131 e. The third kappa shape index (κ3) is 2.61. The van der Waals surface area contributed by atoms with Crippen LogP contribution >= 0.6 is 12.6 Å². The predicted octanol–water partition coefficient (Wildman–Crippen LogP) is 2.57. The van der Waals surface area contributed by atoms with Crippen LogP contribution in [0, 0.1) is 0 Å². The van der Waals surface area contributed by atoms with Gasteiger partial charge in [-0.1, -0.05) is 0 Å². The van der Waals surface area contributed by atoms with Gasteiger partial charge in [-0.2, -0.15) is 12.6 Å². The van der Waals surface area contributed by atoms with Gasteiger partial charge >= 0.3 is 0 Å². The summed E-state index contributed by atoms with van der Waals surface area (Å²) in [5, 5.41) is 0. The summed E-state index contributed by atoms with van der Waals surface area (Å²) in [6, 6.07) is 5.71. The van der Waals surface area contributed by atoms with E-state index in [0.717, 1.165) is 40.8 Å². The summed E-state index contributed by atoms with van der Waals surface area (Å²) in [6.45, 7) is 0. The van der Waals surface area contributed by atoms with Gasteiger partial charge < -0.3 is 14.5 Å². The van der Waals surface area contributed by atoms with Crippen LogP contribution in [0.25, 0.3) is 11.3 Å². The van der Waals surface area contributed by atoms with E-state index in [1.165, 1.54) is 0 Å². The van der Waals surface area contributed by atoms with Crippen molar-refractivity contribution >= 4 is 12.6 Å². The molecule has 0 bridgehead atoms. The molecule has 4 nitrogen and oxygen atoms in total. The zero-order chi connectivity index (χ0) is 13.0. The van der Waals surface area contributed by atoms with Crippen LogP contribution in [0.2, 0.25) is 0 Å². The molecule has 1 heterocycles. The lowest BCUT2D eigenvalue weighted by Crippen LogP contribution is -1.91. The molecule has 0 unspecified atom stereocenters. The highest BCUT2D eigenvalue weighted by molar-refractivity contribution is 7.80. The van der Waals surface area contributed by atoms with Crippen molar-refractivity contribution < 1.29 is 9.47 Å². The first-order valence-electron chi connectivity index (χ1n) is 5.65. The molecule has 0 fully saturated rings. The summed E-state index contributed by atoms with van der Waals surface area (Å²) in [6.07, 6.45) is 2.63. The minimum atomic E-state index is 0.760. The molecule has 1 aromatic heterocycles. The molecule has 5 heteroatoms. The van der Waals surface area contributed by atoms with Gasteiger partial charge in [0.2, 0.25) is 0 Å². The average Bonchev–Trinajstić information content (AvgIpc) is 2.87. The molecule has 1 N–H and O–H groups in total. The predicted molar refractivity (Wildman–Crippen MR) is 74.7 cm³/mol. The van der Waals surface area contributed by atoms with Crippen LogP contribution in [-0.2, 0) is 6.42 Å². The molecule has 0 radical (unpaired) electrons. The van der Waals surface area contributed by atoms with Gasteiger partial charge in [-0.3, -0.25) is 0 Å². The Bertz CT molecular complexity index is 525. The lowest BCUT2D eigenvalue weighted by Gasteiger charge is -2.08. The summed E-state index contributed by atoms with van der Waals surface area (Å²) in [4.78, 5) is 7.57. The normalized spacial score (nSPS) is 10.4. The molecule has 1 aromatic carbocycles. The molecule has 0 aliphatic heterocycles. The van der Waals surface area contributed by atoms with Crippen LogP contribution < -0.4 is 9.47 Å². The topological polar surface area (TPSA) is 47.1 Å². The number of aromatic nitrogens is 2. The largest absolute Gasteiger partial charge is 0.497 e. The molecule has 2 aromatic rings. The molecule has 96 valence electrons. The number of H-pyrrole nitrogens is 1. The highest BCUT2D eigenvalue weighted by Gasteiger charge is 2.10. The molecular weight excluding hydrogens is 248 g/mol. The van der Waals surface area contributed by atoms with Gasteiger partial charge in [-0.05, 0) is 17.9 Å². The molecule has 0 aliphatic rings. The first kappa shape index (κ1) is 12.8. The van der Waals surface area contributed by atoms with E-state index < -0.39 is 0 Å². The van der Waals surface area contributed by atoms with Gasteiger partial charge in [0, 0.05) is 18.1 Å². The average molecular weight is 264 g/mol. The van der Waals surface area contributed by atoms with Gasteiger partial charge in [0.15, 0.2) is 0 Å². The van der Waals surface area contributed by atoms with Gasteiger partial charge in [-0.15, -0.1) is 0 Å². The number of thiol groups is 1. The maximum absolute atomic E-state index is 5.37. The Morgan fingerprint density at radius 1 is 1.28 bits per heavy atom. The Kier molecular flexibility index (Phi) is 4.15. The summed E-state index contributed by atoms with van der Waals surface area (Å²) in [5.41, 5.74) is 1.91. The second kappa shape index (κ2) is 5.82. The Balaban J connectivity index is 2.36. The van der Waals surface area contributed by atoms with Crippen LogP contribution in [0.5, 0.6) is 11.5 Å². The lowest BCUT2D eigenvalue weighted by atomic mass is 10.1. The highest BCUT2D eigenvalue weighted by atomic mass is 32.1. The zero-order valence-corrected chi connectivity index (χ0v) is 11.3. The second-order valence-corrected chi connectivity index (χ2v) is 4.23. The Morgan fingerprint density at radius 2 is 2.11 bits per heavy atom. The third-order valence-corrected chi connectivity index (χ3v) is 2.90. The first-order chi connectivity index (χ1) is 8.78. The maximum atomic E-state index is 5.37. The number of aryl methyl sites for hydroxylation is 1. The van der Waals surface area contributed by atoms with E-state index in [4.69, 9.17) is 9.47 Å². The van der Waals surface area contributed by atoms with Gasteiger partial charge in [-0.25, -0.2) is 4.98 Å². The smallest absolute Gasteiger partial charge is 0.131 e. The van der Waals surface area contributed by atoms with E-state index in [0.29, 0.717) is 0 Å². The summed E-state index contributed by atoms with van der Waals surface area (Å²) in [5.74, 6) is 3.23. The van der Waals surface area contributed by atoms with Crippen LogP contribution in [0.15, 0.2) is 24.4 Å². The summed E-state index contributed by atoms with van der Waals surface area (Å²) >= 11 is 4.19. The number of ether oxygens (including phenoxy) is 2. The van der Waals surface area contributed by atoms with Crippen molar-refractivity contribution in [1.29, 1.82) is 0 Å². The highest BCUT2D eigenvalue weighted by Crippen LogP contribution is 2.32. The molecular formula is C13H16N2O2S. The van der Waals surface area contributed by atoms with E-state index >= 15 is 0 Å². The second-order valence-electron chi connectivity index (χ2n) is 3.78. The number of methoxy groups -OCH3 is 2. The van der Waals surface area contributed by atoms with Crippen LogP contribution in [0.4, 0.5) is 0 Å². The number of nitrogens with zero attached hydrogens (tertiary/aromatic N) is 1. The number of nitrogens with one attached hydrogen (secondary N) is 1. The molecule has 0 saturated carbocycles. The minimum Gasteiger partial charge on any atom is -0.497 e. The molecule has 18 heavy (non-hydrogen) atoms. The van der Waals surface area contributed by atoms with Crippen molar-refractivity contribution in [3.05, 3.63) is 30.2 Å². The van der Waals surface area contributed by atoms with Gasteiger partial charge in [0.1, 0.15) is 17.3 Å². The van der Waals surface area contributed by atoms with E-state index in [1.54, 1.807) is 14.2 Å². The quantitative estimate of drug-likeness (QED) is 0.816. The lowest BCUT2D eigenvalue weighted by molar-refractivity contribution is 0.395. The Morgan fingerprint density at radius 3 is 2.78 bits per heavy atom. The van der Waals surface area contributed by atoms with E-state index in [-0.39, 0.29) is 0 Å². The van der Waals surface area contributed by atoms with Crippen molar-refractivity contribution in [3.8, 4) is 22.8 Å². The summed E-state index contributed by atoms with van der Waals surface area (Å²) < 4.78 is 10.5. The molecule has 0 saturated heterocycles. The number of hydrogen-bond donors (Lipinski definition) is 2. The number of rotatable bonds is 5. The van der Waals surface area contributed by atoms with Crippen LogP contribution in [0.3, 0.4) is 0 Å². The monoisotopic (exact) mass is 264 g/mol. The fourth-order valence-corrected chi connectivity index (χ4v) is 1.97. The zero-order valence-electron chi connectivity index (χ0n) is 10.4. The molecule has 0 amide bonds. The van der Waals surface area contributed by atoms with Crippen LogP contribution in [0.1, 0.15) is 5.82 Å². The van der Waals surface area contributed by atoms with Gasteiger partial charge in [0.05, 0.1) is 26.1 Å². The van der Waals surface area contributed by atoms with Crippen molar-refractivity contribution in [2.45, 2.75) is 6.42 Å². The minimum absolute atomic E-state index is 0.760. The number of aromatic amines is 1. The molecule has 0 aliphatic carbocycles. The van der Waals surface area contributed by atoms with E-state index in [1.807, 2.05) is 24.4 Å². The fourth-order valence-electron chi connectivity index (χ4n) is 1.75.